The average molecular weight is 269 g/mol. The van der Waals surface area contributed by atoms with Crippen molar-refractivity contribution >= 4 is 28.6 Å². The van der Waals surface area contributed by atoms with Gasteiger partial charge in [0.05, 0.1) is 23.4 Å². The van der Waals surface area contributed by atoms with Crippen LogP contribution in [0.2, 0.25) is 0 Å². The second kappa shape index (κ2) is 5.73. The Morgan fingerprint density at radius 3 is 2.94 bits per heavy atom. The zero-order valence-corrected chi connectivity index (χ0v) is 10.7. The first-order chi connectivity index (χ1) is 8.77. The summed E-state index contributed by atoms with van der Waals surface area (Å²) in [5.41, 5.74) is 0.653. The molecule has 0 bridgehead atoms. The van der Waals surface area contributed by atoms with Crippen molar-refractivity contribution in [3.05, 3.63) is 24.3 Å². The lowest BCUT2D eigenvalue weighted by molar-refractivity contribution is 0.151. The third kappa shape index (κ3) is 2.41. The highest BCUT2D eigenvalue weighted by molar-refractivity contribution is 6.18. The van der Waals surface area contributed by atoms with Crippen molar-refractivity contribution in [3.8, 4) is 5.88 Å². The van der Waals surface area contributed by atoms with Gasteiger partial charge in [-0.3, -0.25) is 0 Å². The summed E-state index contributed by atoms with van der Waals surface area (Å²) < 4.78 is 11.5. The summed E-state index contributed by atoms with van der Waals surface area (Å²) in [6, 6.07) is 7.30. The van der Waals surface area contributed by atoms with Gasteiger partial charge in [0, 0.05) is 0 Å². The molecule has 0 spiro atoms. The van der Waals surface area contributed by atoms with Gasteiger partial charge in [-0.15, -0.1) is 16.7 Å². The van der Waals surface area contributed by atoms with Crippen LogP contribution in [0.5, 0.6) is 5.88 Å². The van der Waals surface area contributed by atoms with Crippen LogP contribution in [0.25, 0.3) is 10.9 Å². The number of rotatable bonds is 4. The maximum atomic E-state index is 11.7. The zero-order valence-electron chi connectivity index (χ0n) is 9.93. The predicted octanol–water partition coefficient (Wildman–Crippen LogP) is 2.66. The molecule has 96 valence electrons. The monoisotopic (exact) mass is 268 g/mol. The van der Waals surface area contributed by atoms with E-state index in [1.165, 1.54) is 4.68 Å². The highest BCUT2D eigenvalue weighted by atomic mass is 35.5. The number of ether oxygens (including phenoxy) is 2. The van der Waals surface area contributed by atoms with Crippen molar-refractivity contribution < 1.29 is 14.3 Å². The van der Waals surface area contributed by atoms with Gasteiger partial charge in [-0.25, -0.2) is 4.79 Å². The molecule has 0 fully saturated rings. The minimum absolute atomic E-state index is 0.297. The molecule has 0 aliphatic heterocycles. The van der Waals surface area contributed by atoms with Crippen LogP contribution in [0.3, 0.4) is 0 Å². The van der Waals surface area contributed by atoms with E-state index < -0.39 is 6.09 Å². The van der Waals surface area contributed by atoms with E-state index in [1.807, 2.05) is 18.2 Å². The van der Waals surface area contributed by atoms with Gasteiger partial charge in [-0.05, 0) is 19.1 Å². The van der Waals surface area contributed by atoms with Crippen molar-refractivity contribution in [2.24, 2.45) is 0 Å². The number of hydrogen-bond acceptors (Lipinski definition) is 4. The number of halogens is 1. The fraction of sp³-hybridized carbons (Fsp3) is 0.333. The molecule has 0 atom stereocenters. The summed E-state index contributed by atoms with van der Waals surface area (Å²) in [6.45, 7) is 2.38. The number of alkyl halides is 1. The molecule has 0 aliphatic rings. The lowest BCUT2D eigenvalue weighted by atomic mass is 10.2. The number of hydrogen-bond donors (Lipinski definition) is 0. The first kappa shape index (κ1) is 12.7. The van der Waals surface area contributed by atoms with Crippen molar-refractivity contribution in [2.45, 2.75) is 6.92 Å². The standard InChI is InChI=1S/C12H13ClN2O3/c1-2-17-12(16)15-10-6-4-3-5-9(10)11(14-15)18-8-7-13/h3-6H,2,7-8H2,1H3. The van der Waals surface area contributed by atoms with Crippen molar-refractivity contribution in [1.82, 2.24) is 9.78 Å². The summed E-state index contributed by atoms with van der Waals surface area (Å²) in [4.78, 5) is 11.7. The summed E-state index contributed by atoms with van der Waals surface area (Å²) >= 11 is 5.57. The Labute approximate surface area is 109 Å². The Bertz CT molecular complexity index is 553. The molecule has 0 aliphatic carbocycles. The van der Waals surface area contributed by atoms with Crippen LogP contribution in [0, 0.1) is 0 Å². The third-order valence-corrected chi connectivity index (χ3v) is 2.46. The van der Waals surface area contributed by atoms with E-state index in [1.54, 1.807) is 13.0 Å². The van der Waals surface area contributed by atoms with E-state index in [0.717, 1.165) is 5.39 Å². The van der Waals surface area contributed by atoms with Gasteiger partial charge < -0.3 is 9.47 Å². The Kier molecular flexibility index (Phi) is 4.04. The average Bonchev–Trinajstić information content (AvgIpc) is 2.76. The fourth-order valence-corrected chi connectivity index (χ4v) is 1.68. The number of aromatic nitrogens is 2. The van der Waals surface area contributed by atoms with Gasteiger partial charge in [-0.2, -0.15) is 4.68 Å². The maximum absolute atomic E-state index is 11.7. The summed E-state index contributed by atoms with van der Waals surface area (Å²) in [5.74, 6) is 0.750. The normalized spacial score (nSPS) is 10.6. The predicted molar refractivity (Wildman–Crippen MR) is 68.4 cm³/mol. The molecule has 0 saturated heterocycles. The Hall–Kier alpha value is -1.75. The Morgan fingerprint density at radius 1 is 1.44 bits per heavy atom. The van der Waals surface area contributed by atoms with Crippen molar-refractivity contribution in [1.29, 1.82) is 0 Å². The van der Waals surface area contributed by atoms with Crippen LogP contribution in [0.15, 0.2) is 24.3 Å². The lowest BCUT2D eigenvalue weighted by Gasteiger charge is -2.01. The first-order valence-corrected chi connectivity index (χ1v) is 6.15. The summed E-state index contributed by atoms with van der Waals surface area (Å²) in [7, 11) is 0. The molecule has 2 rings (SSSR count). The molecule has 18 heavy (non-hydrogen) atoms. The molecule has 0 N–H and O–H groups in total. The molecule has 0 saturated carbocycles. The third-order valence-electron chi connectivity index (χ3n) is 2.31. The van der Waals surface area contributed by atoms with Crippen LogP contribution in [0.1, 0.15) is 6.92 Å². The van der Waals surface area contributed by atoms with Gasteiger partial charge >= 0.3 is 6.09 Å². The Balaban J connectivity index is 2.43. The van der Waals surface area contributed by atoms with Gasteiger partial charge in [-0.1, -0.05) is 12.1 Å². The van der Waals surface area contributed by atoms with E-state index in [9.17, 15) is 4.79 Å². The van der Waals surface area contributed by atoms with Crippen molar-refractivity contribution in [3.63, 3.8) is 0 Å². The highest BCUT2D eigenvalue weighted by Crippen LogP contribution is 2.24. The number of carbonyl (C=O) groups is 1. The molecule has 0 unspecified atom stereocenters. The minimum Gasteiger partial charge on any atom is -0.475 e. The van der Waals surface area contributed by atoms with Crippen LogP contribution in [-0.2, 0) is 4.74 Å². The van der Waals surface area contributed by atoms with Crippen molar-refractivity contribution in [2.75, 3.05) is 19.1 Å². The second-order valence-electron chi connectivity index (χ2n) is 3.47. The topological polar surface area (TPSA) is 53.4 Å². The summed E-state index contributed by atoms with van der Waals surface area (Å²) in [5, 5.41) is 4.87. The van der Waals surface area contributed by atoms with Gasteiger partial charge in [0.25, 0.3) is 0 Å². The SMILES string of the molecule is CCOC(=O)n1nc(OCCCl)c2ccccc21. The lowest BCUT2D eigenvalue weighted by Crippen LogP contribution is -2.15. The number of nitrogens with zero attached hydrogens (tertiary/aromatic N) is 2. The van der Waals surface area contributed by atoms with E-state index in [-0.39, 0.29) is 0 Å². The molecular formula is C12H13ClN2O3. The van der Waals surface area contributed by atoms with E-state index in [4.69, 9.17) is 21.1 Å². The van der Waals surface area contributed by atoms with Crippen LogP contribution >= 0.6 is 11.6 Å². The molecule has 6 heteroatoms. The van der Waals surface area contributed by atoms with Gasteiger partial charge in [0.2, 0.25) is 5.88 Å². The zero-order chi connectivity index (χ0) is 13.0. The van der Waals surface area contributed by atoms with E-state index in [2.05, 4.69) is 5.10 Å². The number of para-hydroxylation sites is 1. The van der Waals surface area contributed by atoms with Crippen LogP contribution in [0.4, 0.5) is 4.79 Å². The smallest absolute Gasteiger partial charge is 0.435 e. The maximum Gasteiger partial charge on any atom is 0.435 e. The molecule has 0 amide bonds. The molecule has 0 radical (unpaired) electrons. The first-order valence-electron chi connectivity index (χ1n) is 5.61. The summed E-state index contributed by atoms with van der Waals surface area (Å²) in [6.07, 6.45) is -0.519. The molecule has 1 aromatic heterocycles. The van der Waals surface area contributed by atoms with E-state index in [0.29, 0.717) is 30.5 Å². The quantitative estimate of drug-likeness (QED) is 0.800. The van der Waals surface area contributed by atoms with Gasteiger partial charge in [0.1, 0.15) is 6.61 Å². The Morgan fingerprint density at radius 2 is 2.22 bits per heavy atom. The second-order valence-corrected chi connectivity index (χ2v) is 3.85. The van der Waals surface area contributed by atoms with Crippen LogP contribution < -0.4 is 4.74 Å². The number of fused-ring (bicyclic) bond motifs is 1. The molecular weight excluding hydrogens is 256 g/mol. The molecule has 1 aromatic carbocycles. The number of benzene rings is 1. The molecule has 2 aromatic rings. The largest absolute Gasteiger partial charge is 0.475 e. The van der Waals surface area contributed by atoms with Crippen LogP contribution in [-0.4, -0.2) is 35.0 Å². The number of carbonyl (C=O) groups excluding carboxylic acids is 1. The minimum atomic E-state index is -0.519. The molecule has 1 heterocycles. The highest BCUT2D eigenvalue weighted by Gasteiger charge is 2.16. The van der Waals surface area contributed by atoms with E-state index >= 15 is 0 Å². The van der Waals surface area contributed by atoms with Gasteiger partial charge in [0.15, 0.2) is 0 Å². The fourth-order valence-electron chi connectivity index (χ4n) is 1.60. The molecule has 5 nitrogen and oxygen atoms in total.